The zero-order chi connectivity index (χ0) is 20.6. The van der Waals surface area contributed by atoms with Crippen molar-refractivity contribution in [1.29, 1.82) is 0 Å². The molecule has 11 heteroatoms. The lowest BCUT2D eigenvalue weighted by Gasteiger charge is -2.23. The van der Waals surface area contributed by atoms with Crippen LogP contribution in [0.15, 0.2) is 0 Å². The highest BCUT2D eigenvalue weighted by atomic mass is 19.4. The fraction of sp³-hybridized carbons (Fsp3) is 0.562. The van der Waals surface area contributed by atoms with Crippen molar-refractivity contribution in [1.82, 2.24) is 4.98 Å². The number of rotatable bonds is 6. The Labute approximate surface area is 151 Å². The average molecular weight is 396 g/mol. The molecule has 1 saturated carbocycles. The summed E-state index contributed by atoms with van der Waals surface area (Å²) in [4.78, 5) is 27.2. The van der Waals surface area contributed by atoms with E-state index in [0.717, 1.165) is 7.11 Å². The number of anilines is 1. The van der Waals surface area contributed by atoms with E-state index in [2.05, 4.69) is 19.8 Å². The summed E-state index contributed by atoms with van der Waals surface area (Å²) >= 11 is 0. The molecule has 150 valence electrons. The van der Waals surface area contributed by atoms with Crippen molar-refractivity contribution in [2.24, 2.45) is 0 Å². The Morgan fingerprint density at radius 2 is 1.81 bits per heavy atom. The van der Waals surface area contributed by atoms with Gasteiger partial charge in [0.1, 0.15) is 16.8 Å². The Morgan fingerprint density at radius 1 is 1.22 bits per heavy atom. The van der Waals surface area contributed by atoms with Crippen molar-refractivity contribution in [2.45, 2.75) is 44.8 Å². The van der Waals surface area contributed by atoms with Crippen LogP contribution in [0.2, 0.25) is 0 Å². The molecule has 1 aliphatic rings. The van der Waals surface area contributed by atoms with Crippen molar-refractivity contribution in [3.63, 3.8) is 0 Å². The normalized spacial score (nSPS) is 15.4. The first-order valence-corrected chi connectivity index (χ1v) is 7.92. The summed E-state index contributed by atoms with van der Waals surface area (Å²) in [5.74, 6) is -2.78. The van der Waals surface area contributed by atoms with Crippen molar-refractivity contribution in [3.05, 3.63) is 22.5 Å². The molecule has 0 unspecified atom stereocenters. The molecule has 6 nitrogen and oxygen atoms in total. The van der Waals surface area contributed by atoms with E-state index in [1.807, 2.05) is 0 Å². The average Bonchev–Trinajstić information content (AvgIpc) is 3.29. The first kappa shape index (κ1) is 20.8. The fourth-order valence-electron chi connectivity index (χ4n) is 2.42. The molecular formula is C16H17F5N2O4. The van der Waals surface area contributed by atoms with Crippen LogP contribution in [0, 0.1) is 0 Å². The van der Waals surface area contributed by atoms with E-state index >= 15 is 0 Å². The lowest BCUT2D eigenvalue weighted by molar-refractivity contribution is -0.142. The summed E-state index contributed by atoms with van der Waals surface area (Å²) in [6, 6.07) is 0. The van der Waals surface area contributed by atoms with Crippen LogP contribution in [0.25, 0.3) is 0 Å². The Hall–Kier alpha value is -2.46. The van der Waals surface area contributed by atoms with E-state index in [9.17, 15) is 31.5 Å². The van der Waals surface area contributed by atoms with Crippen LogP contribution in [0.5, 0.6) is 0 Å². The molecule has 1 fully saturated rings. The SMILES string of the molecule is CCOC(=O)c1c(C(F)(F)F)nc(C(F)F)c(C(=O)OC)c1NC1(C)CC1. The Morgan fingerprint density at radius 3 is 2.22 bits per heavy atom. The summed E-state index contributed by atoms with van der Waals surface area (Å²) in [6.45, 7) is 2.71. The number of aromatic nitrogens is 1. The standard InChI is InChI=1S/C16H17F5N2O4/c1-4-27-14(25)8-9(23-15(2)5-6-15)7(13(24)26-3)10(12(17)18)22-11(8)16(19,20)21/h12H,4-6H2,1-3H3,(H,22,23). The minimum atomic E-state index is -5.23. The van der Waals surface area contributed by atoms with E-state index in [1.54, 1.807) is 6.92 Å². The van der Waals surface area contributed by atoms with Gasteiger partial charge in [0.2, 0.25) is 0 Å². The number of methoxy groups -OCH3 is 1. The number of carbonyl (C=O) groups excluding carboxylic acids is 2. The molecule has 1 aromatic rings. The molecular weight excluding hydrogens is 379 g/mol. The molecule has 0 saturated heterocycles. The highest BCUT2D eigenvalue weighted by molar-refractivity contribution is 6.06. The quantitative estimate of drug-likeness (QED) is 0.579. The van der Waals surface area contributed by atoms with Gasteiger partial charge in [0, 0.05) is 5.54 Å². The van der Waals surface area contributed by atoms with Gasteiger partial charge in [-0.3, -0.25) is 0 Å². The van der Waals surface area contributed by atoms with Crippen LogP contribution in [0.3, 0.4) is 0 Å². The maximum absolute atomic E-state index is 13.5. The van der Waals surface area contributed by atoms with Crippen LogP contribution in [-0.4, -0.2) is 36.2 Å². The minimum Gasteiger partial charge on any atom is -0.465 e. The van der Waals surface area contributed by atoms with Gasteiger partial charge in [0.15, 0.2) is 5.69 Å². The van der Waals surface area contributed by atoms with Crippen LogP contribution in [0.1, 0.15) is 65.2 Å². The van der Waals surface area contributed by atoms with Gasteiger partial charge in [-0.2, -0.15) is 13.2 Å². The number of hydrogen-bond donors (Lipinski definition) is 1. The molecule has 1 aromatic heterocycles. The molecule has 2 rings (SSSR count). The molecule has 1 heterocycles. The largest absolute Gasteiger partial charge is 0.465 e. The highest BCUT2D eigenvalue weighted by Crippen LogP contribution is 2.44. The third-order valence-corrected chi connectivity index (χ3v) is 4.00. The van der Waals surface area contributed by atoms with Gasteiger partial charge >= 0.3 is 18.1 Å². The number of carbonyl (C=O) groups is 2. The number of esters is 2. The summed E-state index contributed by atoms with van der Waals surface area (Å²) in [7, 11) is 0.877. The molecule has 1 aliphatic carbocycles. The molecule has 0 aliphatic heterocycles. The lowest BCUT2D eigenvalue weighted by atomic mass is 10.0. The lowest BCUT2D eigenvalue weighted by Crippen LogP contribution is -2.28. The summed E-state index contributed by atoms with van der Waals surface area (Å²) in [5, 5.41) is 2.62. The second-order valence-electron chi connectivity index (χ2n) is 6.17. The van der Waals surface area contributed by atoms with Gasteiger partial charge in [0.05, 0.1) is 19.4 Å². The van der Waals surface area contributed by atoms with Crippen molar-refractivity contribution < 1.29 is 41.0 Å². The zero-order valence-corrected chi connectivity index (χ0v) is 14.7. The van der Waals surface area contributed by atoms with E-state index in [-0.39, 0.29) is 6.61 Å². The smallest absolute Gasteiger partial charge is 0.434 e. The maximum atomic E-state index is 13.5. The Balaban J connectivity index is 2.91. The van der Waals surface area contributed by atoms with E-state index in [4.69, 9.17) is 0 Å². The van der Waals surface area contributed by atoms with Gasteiger partial charge in [-0.25, -0.2) is 23.4 Å². The van der Waals surface area contributed by atoms with Crippen LogP contribution >= 0.6 is 0 Å². The monoisotopic (exact) mass is 396 g/mol. The second-order valence-corrected chi connectivity index (χ2v) is 6.17. The third kappa shape index (κ3) is 4.28. The molecule has 0 radical (unpaired) electrons. The number of halogens is 5. The molecule has 1 N–H and O–H groups in total. The van der Waals surface area contributed by atoms with Gasteiger partial charge < -0.3 is 14.8 Å². The van der Waals surface area contributed by atoms with E-state index in [1.165, 1.54) is 6.92 Å². The fourth-order valence-corrected chi connectivity index (χ4v) is 2.42. The second kappa shape index (κ2) is 7.28. The number of nitrogens with zero attached hydrogens (tertiary/aromatic N) is 1. The van der Waals surface area contributed by atoms with Crippen molar-refractivity contribution in [3.8, 4) is 0 Å². The Kier molecular flexibility index (Phi) is 5.62. The van der Waals surface area contributed by atoms with Crippen LogP contribution in [0.4, 0.5) is 27.6 Å². The topological polar surface area (TPSA) is 77.5 Å². The molecule has 0 aromatic carbocycles. The zero-order valence-electron chi connectivity index (χ0n) is 14.7. The summed E-state index contributed by atoms with van der Waals surface area (Å²) in [6.07, 6.45) is -7.74. The minimum absolute atomic E-state index is 0.267. The van der Waals surface area contributed by atoms with Crippen molar-refractivity contribution in [2.75, 3.05) is 19.0 Å². The first-order valence-electron chi connectivity index (χ1n) is 7.92. The van der Waals surface area contributed by atoms with E-state index in [0.29, 0.717) is 12.8 Å². The Bertz CT molecular complexity index is 760. The van der Waals surface area contributed by atoms with E-state index < -0.39 is 58.3 Å². The van der Waals surface area contributed by atoms with Crippen LogP contribution in [-0.2, 0) is 15.7 Å². The van der Waals surface area contributed by atoms with Gasteiger partial charge in [-0.15, -0.1) is 0 Å². The number of nitrogens with one attached hydrogen (secondary N) is 1. The number of ether oxygens (including phenoxy) is 2. The summed E-state index contributed by atoms with van der Waals surface area (Å²) in [5.41, 5.74) is -6.78. The molecule has 0 atom stereocenters. The first-order chi connectivity index (χ1) is 12.4. The molecule has 27 heavy (non-hydrogen) atoms. The van der Waals surface area contributed by atoms with Gasteiger partial charge in [-0.05, 0) is 26.7 Å². The number of alkyl halides is 5. The number of hydrogen-bond acceptors (Lipinski definition) is 6. The predicted octanol–water partition coefficient (Wildman–Crippen LogP) is 3.97. The van der Waals surface area contributed by atoms with Gasteiger partial charge in [0.25, 0.3) is 6.43 Å². The van der Waals surface area contributed by atoms with Crippen molar-refractivity contribution >= 4 is 17.6 Å². The molecule has 0 spiro atoms. The molecule has 0 amide bonds. The van der Waals surface area contributed by atoms with Crippen LogP contribution < -0.4 is 5.32 Å². The van der Waals surface area contributed by atoms with Gasteiger partial charge in [-0.1, -0.05) is 0 Å². The highest BCUT2D eigenvalue weighted by Gasteiger charge is 2.46. The maximum Gasteiger partial charge on any atom is 0.434 e. The third-order valence-electron chi connectivity index (χ3n) is 4.00. The molecule has 0 bridgehead atoms. The number of pyridine rings is 1. The predicted molar refractivity (Wildman–Crippen MR) is 82.8 cm³/mol. The summed E-state index contributed by atoms with van der Waals surface area (Å²) < 4.78 is 76.4.